The lowest BCUT2D eigenvalue weighted by Crippen LogP contribution is -2.13. The van der Waals surface area contributed by atoms with Crippen LogP contribution in [-0.4, -0.2) is 11.8 Å². The average Bonchev–Trinajstić information content (AvgIpc) is 2.81. The molecule has 2 amide bonds. The van der Waals surface area contributed by atoms with Crippen LogP contribution in [0.1, 0.15) is 15.9 Å². The molecule has 21 heavy (non-hydrogen) atoms. The first-order chi connectivity index (χ1) is 10.0. The van der Waals surface area contributed by atoms with Crippen LogP contribution in [0.5, 0.6) is 0 Å². The Hall–Kier alpha value is -1.66. The number of para-hydroxylation sites is 1. The van der Waals surface area contributed by atoms with Gasteiger partial charge < -0.3 is 10.6 Å². The van der Waals surface area contributed by atoms with E-state index in [9.17, 15) is 9.59 Å². The fraction of sp³-hybridized carbons (Fsp3) is 0.0667. The topological polar surface area (TPSA) is 58.2 Å². The SMILES string of the molecule is O=C1Cc2cc(C(=O)Nc3c(Br)cccc3Br)ccc2N1. The van der Waals surface area contributed by atoms with Crippen molar-refractivity contribution < 1.29 is 9.59 Å². The molecule has 0 aromatic heterocycles. The standard InChI is InChI=1S/C15H10Br2N2O2/c16-10-2-1-3-11(17)14(10)19-15(21)8-4-5-12-9(6-8)7-13(20)18-12/h1-6H,7H2,(H,18,20)(H,19,21). The monoisotopic (exact) mass is 408 g/mol. The predicted octanol–water partition coefficient (Wildman–Crippen LogP) is 3.96. The number of hydrogen-bond donors (Lipinski definition) is 2. The molecule has 0 saturated carbocycles. The molecule has 1 aliphatic heterocycles. The molecular formula is C15H10Br2N2O2. The number of carbonyl (C=O) groups excluding carboxylic acids is 2. The maximum Gasteiger partial charge on any atom is 0.255 e. The number of rotatable bonds is 2. The van der Waals surface area contributed by atoms with Crippen molar-refractivity contribution in [3.8, 4) is 0 Å². The Bertz CT molecular complexity index is 739. The third kappa shape index (κ3) is 2.87. The van der Waals surface area contributed by atoms with Gasteiger partial charge in [-0.3, -0.25) is 9.59 Å². The number of carbonyl (C=O) groups is 2. The van der Waals surface area contributed by atoms with Crippen molar-refractivity contribution in [2.75, 3.05) is 10.6 Å². The van der Waals surface area contributed by atoms with Crippen LogP contribution in [-0.2, 0) is 11.2 Å². The summed E-state index contributed by atoms with van der Waals surface area (Å²) < 4.78 is 1.59. The van der Waals surface area contributed by atoms with Crippen LogP contribution in [0, 0.1) is 0 Å². The van der Waals surface area contributed by atoms with Crippen molar-refractivity contribution in [3.05, 3.63) is 56.5 Å². The molecule has 3 rings (SSSR count). The van der Waals surface area contributed by atoms with Crippen molar-refractivity contribution in [2.45, 2.75) is 6.42 Å². The fourth-order valence-electron chi connectivity index (χ4n) is 2.17. The Labute approximate surface area is 138 Å². The smallest absolute Gasteiger partial charge is 0.255 e. The average molecular weight is 410 g/mol. The van der Waals surface area contributed by atoms with Gasteiger partial charge in [0.2, 0.25) is 5.91 Å². The lowest BCUT2D eigenvalue weighted by Gasteiger charge is -2.10. The van der Waals surface area contributed by atoms with Gasteiger partial charge in [0.15, 0.2) is 0 Å². The van der Waals surface area contributed by atoms with E-state index in [1.165, 1.54) is 0 Å². The molecule has 2 aromatic rings. The van der Waals surface area contributed by atoms with E-state index < -0.39 is 0 Å². The number of nitrogens with one attached hydrogen (secondary N) is 2. The van der Waals surface area contributed by atoms with Crippen LogP contribution >= 0.6 is 31.9 Å². The third-order valence-corrected chi connectivity index (χ3v) is 4.52. The van der Waals surface area contributed by atoms with Crippen LogP contribution < -0.4 is 10.6 Å². The minimum absolute atomic E-state index is 0.0453. The minimum atomic E-state index is -0.218. The number of amides is 2. The zero-order chi connectivity index (χ0) is 15.0. The van der Waals surface area contributed by atoms with Crippen molar-refractivity contribution in [2.24, 2.45) is 0 Å². The highest BCUT2D eigenvalue weighted by atomic mass is 79.9. The molecular weight excluding hydrogens is 400 g/mol. The first kappa shape index (κ1) is 14.3. The maximum absolute atomic E-state index is 12.3. The number of anilines is 2. The van der Waals surface area contributed by atoms with E-state index in [1.54, 1.807) is 18.2 Å². The highest BCUT2D eigenvalue weighted by Gasteiger charge is 2.19. The molecule has 1 heterocycles. The predicted molar refractivity (Wildman–Crippen MR) is 88.6 cm³/mol. The molecule has 0 saturated heterocycles. The summed E-state index contributed by atoms with van der Waals surface area (Å²) in [6, 6.07) is 10.8. The Morgan fingerprint density at radius 2 is 1.86 bits per heavy atom. The highest BCUT2D eigenvalue weighted by Crippen LogP contribution is 2.31. The molecule has 0 radical (unpaired) electrons. The molecule has 0 unspecified atom stereocenters. The summed E-state index contributed by atoms with van der Waals surface area (Å²) in [5.74, 6) is -0.263. The second kappa shape index (κ2) is 5.61. The van der Waals surface area contributed by atoms with Gasteiger partial charge in [-0.1, -0.05) is 6.07 Å². The molecule has 0 atom stereocenters. The quantitative estimate of drug-likeness (QED) is 0.788. The van der Waals surface area contributed by atoms with Crippen molar-refractivity contribution >= 4 is 55.0 Å². The summed E-state index contributed by atoms with van der Waals surface area (Å²) in [5.41, 5.74) is 2.82. The van der Waals surface area contributed by atoms with Gasteiger partial charge in [-0.05, 0) is 67.8 Å². The van der Waals surface area contributed by atoms with E-state index in [0.717, 1.165) is 20.2 Å². The van der Waals surface area contributed by atoms with Gasteiger partial charge in [-0.25, -0.2) is 0 Å². The normalized spacial score (nSPS) is 12.8. The molecule has 2 aromatic carbocycles. The van der Waals surface area contributed by atoms with Gasteiger partial charge in [0, 0.05) is 20.2 Å². The third-order valence-electron chi connectivity index (χ3n) is 3.19. The number of halogens is 2. The van der Waals surface area contributed by atoms with Gasteiger partial charge in [-0.2, -0.15) is 0 Å². The van der Waals surface area contributed by atoms with E-state index in [0.29, 0.717) is 17.7 Å². The van der Waals surface area contributed by atoms with Gasteiger partial charge >= 0.3 is 0 Å². The van der Waals surface area contributed by atoms with Crippen LogP contribution in [0.15, 0.2) is 45.3 Å². The molecule has 0 aliphatic carbocycles. The van der Waals surface area contributed by atoms with Gasteiger partial charge in [0.1, 0.15) is 0 Å². The zero-order valence-electron chi connectivity index (χ0n) is 10.7. The van der Waals surface area contributed by atoms with E-state index in [4.69, 9.17) is 0 Å². The van der Waals surface area contributed by atoms with E-state index in [2.05, 4.69) is 42.5 Å². The fourth-order valence-corrected chi connectivity index (χ4v) is 3.37. The molecule has 0 fully saturated rings. The van der Waals surface area contributed by atoms with Crippen molar-refractivity contribution in [3.63, 3.8) is 0 Å². The number of fused-ring (bicyclic) bond motifs is 1. The summed E-state index contributed by atoms with van der Waals surface area (Å²) in [5, 5.41) is 5.60. The highest BCUT2D eigenvalue weighted by molar-refractivity contribution is 9.11. The van der Waals surface area contributed by atoms with Gasteiger partial charge in [-0.15, -0.1) is 0 Å². The Morgan fingerprint density at radius 3 is 2.57 bits per heavy atom. The van der Waals surface area contributed by atoms with Crippen LogP contribution in [0.4, 0.5) is 11.4 Å². The molecule has 6 heteroatoms. The Kier molecular flexibility index (Phi) is 3.82. The van der Waals surface area contributed by atoms with Crippen LogP contribution in [0.2, 0.25) is 0 Å². The van der Waals surface area contributed by atoms with Crippen molar-refractivity contribution in [1.82, 2.24) is 0 Å². The number of hydrogen-bond acceptors (Lipinski definition) is 2. The zero-order valence-corrected chi connectivity index (χ0v) is 13.9. The van der Waals surface area contributed by atoms with Crippen LogP contribution in [0.3, 0.4) is 0 Å². The summed E-state index contributed by atoms with van der Waals surface area (Å²) in [7, 11) is 0. The summed E-state index contributed by atoms with van der Waals surface area (Å²) in [6.07, 6.45) is 0.315. The lowest BCUT2D eigenvalue weighted by molar-refractivity contribution is -0.115. The second-order valence-electron chi connectivity index (χ2n) is 4.65. The lowest BCUT2D eigenvalue weighted by atomic mass is 10.1. The molecule has 106 valence electrons. The molecule has 0 spiro atoms. The maximum atomic E-state index is 12.3. The molecule has 1 aliphatic rings. The second-order valence-corrected chi connectivity index (χ2v) is 6.36. The van der Waals surface area contributed by atoms with Gasteiger partial charge in [0.05, 0.1) is 12.1 Å². The van der Waals surface area contributed by atoms with Crippen LogP contribution in [0.25, 0.3) is 0 Å². The Balaban J connectivity index is 1.87. The van der Waals surface area contributed by atoms with E-state index in [-0.39, 0.29) is 11.8 Å². The first-order valence-corrected chi connectivity index (χ1v) is 7.81. The number of benzene rings is 2. The summed E-state index contributed by atoms with van der Waals surface area (Å²) >= 11 is 6.81. The molecule has 0 bridgehead atoms. The molecule has 2 N–H and O–H groups in total. The largest absolute Gasteiger partial charge is 0.326 e. The first-order valence-electron chi connectivity index (χ1n) is 6.23. The summed E-state index contributed by atoms with van der Waals surface area (Å²) in [6.45, 7) is 0. The van der Waals surface area contributed by atoms with Crippen molar-refractivity contribution in [1.29, 1.82) is 0 Å². The molecule has 4 nitrogen and oxygen atoms in total. The minimum Gasteiger partial charge on any atom is -0.326 e. The Morgan fingerprint density at radius 1 is 1.14 bits per heavy atom. The van der Waals surface area contributed by atoms with Gasteiger partial charge in [0.25, 0.3) is 5.91 Å². The van der Waals surface area contributed by atoms with E-state index >= 15 is 0 Å². The summed E-state index contributed by atoms with van der Waals surface area (Å²) in [4.78, 5) is 23.7. The van der Waals surface area contributed by atoms with E-state index in [1.807, 2.05) is 18.2 Å².